The van der Waals surface area contributed by atoms with Crippen LogP contribution in [0.5, 0.6) is 0 Å². The Morgan fingerprint density at radius 3 is 2.50 bits per heavy atom. The Balaban J connectivity index is 1.96. The lowest BCUT2D eigenvalue weighted by molar-refractivity contribution is -0.129. The van der Waals surface area contributed by atoms with Crippen LogP contribution in [-0.2, 0) is 9.53 Å². The van der Waals surface area contributed by atoms with Crippen LogP contribution < -0.4 is 5.32 Å². The topological polar surface area (TPSA) is 55.4 Å². The predicted octanol–water partition coefficient (Wildman–Crippen LogP) is 2.40. The van der Waals surface area contributed by atoms with Gasteiger partial charge >= 0.3 is 0 Å². The zero-order valence-corrected chi connectivity index (χ0v) is 10.4. The van der Waals surface area contributed by atoms with Crippen LogP contribution in [0.2, 0.25) is 0 Å². The van der Waals surface area contributed by atoms with E-state index in [1.807, 2.05) is 0 Å². The molecule has 96 valence electrons. The number of hydrogen-bond donors (Lipinski definition) is 1. The number of amides is 1. The van der Waals surface area contributed by atoms with Crippen LogP contribution in [0.15, 0.2) is 24.3 Å². The van der Waals surface area contributed by atoms with Crippen LogP contribution in [0.4, 0.5) is 5.69 Å². The second-order valence-electron chi connectivity index (χ2n) is 4.48. The molecule has 1 aliphatic heterocycles. The van der Waals surface area contributed by atoms with Crippen LogP contribution in [0.3, 0.4) is 0 Å². The van der Waals surface area contributed by atoms with Crippen molar-refractivity contribution in [2.45, 2.75) is 32.3 Å². The highest BCUT2D eigenvalue weighted by atomic mass is 16.5. The quantitative estimate of drug-likeness (QED) is 0.834. The molecule has 1 aliphatic rings. The van der Waals surface area contributed by atoms with Crippen molar-refractivity contribution in [3.8, 4) is 0 Å². The van der Waals surface area contributed by atoms with Gasteiger partial charge in [-0.1, -0.05) is 0 Å². The van der Waals surface area contributed by atoms with Gasteiger partial charge in [0.05, 0.1) is 0 Å². The van der Waals surface area contributed by atoms with Crippen molar-refractivity contribution < 1.29 is 14.3 Å². The lowest BCUT2D eigenvalue weighted by Crippen LogP contribution is -2.33. The number of benzene rings is 1. The van der Waals surface area contributed by atoms with Crippen LogP contribution in [0, 0.1) is 0 Å². The molecule has 1 aromatic rings. The van der Waals surface area contributed by atoms with Gasteiger partial charge in [0.15, 0.2) is 5.78 Å². The number of carbonyl (C=O) groups excluding carboxylic acids is 2. The molecule has 1 unspecified atom stereocenters. The van der Waals surface area contributed by atoms with Crippen LogP contribution in [0.1, 0.15) is 36.5 Å². The summed E-state index contributed by atoms with van der Waals surface area (Å²) in [5.41, 5.74) is 1.33. The van der Waals surface area contributed by atoms with Gasteiger partial charge in [-0.2, -0.15) is 0 Å². The highest BCUT2D eigenvalue weighted by Gasteiger charge is 2.21. The van der Waals surface area contributed by atoms with E-state index < -0.39 is 0 Å². The maximum absolute atomic E-state index is 11.9. The molecule has 0 bridgehead atoms. The number of anilines is 1. The SMILES string of the molecule is CC(=O)c1ccc(NC(=O)C2CCCCO2)cc1. The highest BCUT2D eigenvalue weighted by molar-refractivity contribution is 5.96. The van der Waals surface area contributed by atoms with Gasteiger partial charge in [0, 0.05) is 17.9 Å². The van der Waals surface area contributed by atoms with E-state index in [-0.39, 0.29) is 17.8 Å². The van der Waals surface area contributed by atoms with Crippen LogP contribution in [-0.4, -0.2) is 24.4 Å². The lowest BCUT2D eigenvalue weighted by atomic mass is 10.1. The van der Waals surface area contributed by atoms with Crippen molar-refractivity contribution >= 4 is 17.4 Å². The Morgan fingerprint density at radius 1 is 1.22 bits per heavy atom. The summed E-state index contributed by atoms with van der Waals surface area (Å²) < 4.78 is 5.41. The maximum Gasteiger partial charge on any atom is 0.253 e. The third-order valence-corrected chi connectivity index (χ3v) is 3.03. The second-order valence-corrected chi connectivity index (χ2v) is 4.48. The summed E-state index contributed by atoms with van der Waals surface area (Å²) in [6.07, 6.45) is 2.49. The molecule has 1 aromatic carbocycles. The fourth-order valence-electron chi connectivity index (χ4n) is 1.96. The molecule has 1 amide bonds. The molecule has 2 rings (SSSR count). The van der Waals surface area contributed by atoms with E-state index in [0.717, 1.165) is 19.3 Å². The summed E-state index contributed by atoms with van der Waals surface area (Å²) in [5.74, 6) is -0.0891. The zero-order chi connectivity index (χ0) is 13.0. The molecule has 4 nitrogen and oxygen atoms in total. The van der Waals surface area contributed by atoms with Gasteiger partial charge in [-0.05, 0) is 50.5 Å². The third kappa shape index (κ3) is 3.17. The van der Waals surface area contributed by atoms with Gasteiger partial charge in [0.2, 0.25) is 0 Å². The second kappa shape index (κ2) is 5.78. The van der Waals surface area contributed by atoms with Crippen molar-refractivity contribution in [2.75, 3.05) is 11.9 Å². The average Bonchev–Trinajstić information content (AvgIpc) is 2.40. The van der Waals surface area contributed by atoms with Crippen molar-refractivity contribution in [2.24, 2.45) is 0 Å². The van der Waals surface area contributed by atoms with E-state index in [9.17, 15) is 9.59 Å². The highest BCUT2D eigenvalue weighted by Crippen LogP contribution is 2.16. The number of hydrogen-bond acceptors (Lipinski definition) is 3. The molecule has 1 atom stereocenters. The summed E-state index contributed by atoms with van der Waals surface area (Å²) in [4.78, 5) is 23.0. The zero-order valence-electron chi connectivity index (χ0n) is 10.4. The molecule has 1 fully saturated rings. The number of ether oxygens (including phenoxy) is 1. The number of nitrogens with one attached hydrogen (secondary N) is 1. The first-order valence-corrected chi connectivity index (χ1v) is 6.20. The van der Waals surface area contributed by atoms with E-state index in [0.29, 0.717) is 17.9 Å². The van der Waals surface area contributed by atoms with Crippen molar-refractivity contribution in [1.82, 2.24) is 0 Å². The number of Topliss-reactive ketones (excluding diaryl/α,β-unsaturated/α-hetero) is 1. The van der Waals surface area contributed by atoms with Gasteiger partial charge in [-0.25, -0.2) is 0 Å². The summed E-state index contributed by atoms with van der Waals surface area (Å²) in [6, 6.07) is 6.88. The Morgan fingerprint density at radius 2 is 1.94 bits per heavy atom. The molecule has 1 heterocycles. The summed E-state index contributed by atoms with van der Waals surface area (Å²) in [5, 5.41) is 2.80. The van der Waals surface area contributed by atoms with Gasteiger partial charge in [-0.15, -0.1) is 0 Å². The molecular formula is C14H17NO3. The minimum absolute atomic E-state index is 0.0171. The predicted molar refractivity (Wildman–Crippen MR) is 68.7 cm³/mol. The standard InChI is InChI=1S/C14H17NO3/c1-10(16)11-5-7-12(8-6-11)15-14(17)13-4-2-3-9-18-13/h5-8,13H,2-4,9H2,1H3,(H,15,17). The fourth-order valence-corrected chi connectivity index (χ4v) is 1.96. The smallest absolute Gasteiger partial charge is 0.253 e. The third-order valence-electron chi connectivity index (χ3n) is 3.03. The summed E-state index contributed by atoms with van der Waals surface area (Å²) in [7, 11) is 0. The molecule has 18 heavy (non-hydrogen) atoms. The van der Waals surface area contributed by atoms with E-state index in [4.69, 9.17) is 4.74 Å². The Kier molecular flexibility index (Phi) is 4.10. The number of carbonyl (C=O) groups is 2. The van der Waals surface area contributed by atoms with Crippen molar-refractivity contribution in [3.05, 3.63) is 29.8 Å². The normalized spacial score (nSPS) is 19.3. The first-order valence-electron chi connectivity index (χ1n) is 6.20. The average molecular weight is 247 g/mol. The molecule has 4 heteroatoms. The van der Waals surface area contributed by atoms with Gasteiger partial charge in [-0.3, -0.25) is 9.59 Å². The molecule has 0 spiro atoms. The van der Waals surface area contributed by atoms with E-state index in [1.165, 1.54) is 6.92 Å². The Bertz CT molecular complexity index is 433. The molecule has 0 radical (unpaired) electrons. The monoisotopic (exact) mass is 247 g/mol. The molecule has 0 aliphatic carbocycles. The number of ketones is 1. The molecular weight excluding hydrogens is 230 g/mol. The molecule has 0 aromatic heterocycles. The lowest BCUT2D eigenvalue weighted by Gasteiger charge is -2.21. The fraction of sp³-hybridized carbons (Fsp3) is 0.429. The summed E-state index contributed by atoms with van der Waals surface area (Å²) >= 11 is 0. The molecule has 1 saturated heterocycles. The van der Waals surface area contributed by atoms with Crippen molar-refractivity contribution in [3.63, 3.8) is 0 Å². The Labute approximate surface area is 106 Å². The van der Waals surface area contributed by atoms with E-state index in [2.05, 4.69) is 5.32 Å². The largest absolute Gasteiger partial charge is 0.368 e. The van der Waals surface area contributed by atoms with Crippen molar-refractivity contribution in [1.29, 1.82) is 0 Å². The van der Waals surface area contributed by atoms with Crippen LogP contribution in [0.25, 0.3) is 0 Å². The Hall–Kier alpha value is -1.68. The van der Waals surface area contributed by atoms with Gasteiger partial charge < -0.3 is 10.1 Å². The number of rotatable bonds is 3. The minimum Gasteiger partial charge on any atom is -0.368 e. The summed E-state index contributed by atoms with van der Waals surface area (Å²) in [6.45, 7) is 2.17. The van der Waals surface area contributed by atoms with E-state index >= 15 is 0 Å². The molecule has 1 N–H and O–H groups in total. The van der Waals surface area contributed by atoms with E-state index in [1.54, 1.807) is 24.3 Å². The molecule has 0 saturated carbocycles. The van der Waals surface area contributed by atoms with Gasteiger partial charge in [0.1, 0.15) is 6.10 Å². The van der Waals surface area contributed by atoms with Gasteiger partial charge in [0.25, 0.3) is 5.91 Å². The first kappa shape index (κ1) is 12.8. The minimum atomic E-state index is -0.341. The van der Waals surface area contributed by atoms with Crippen LogP contribution >= 0.6 is 0 Å². The maximum atomic E-state index is 11.9. The first-order chi connectivity index (χ1) is 8.66.